The number of likely N-dealkylation sites (tertiary alicyclic amines) is 2. The molecule has 3 aliphatic heterocycles. The van der Waals surface area contributed by atoms with Crippen LogP contribution in [-0.4, -0.2) is 60.3 Å². The first kappa shape index (κ1) is 17.7. The van der Waals surface area contributed by atoms with Gasteiger partial charge in [0.25, 0.3) is 0 Å². The molecular weight excluding hydrogens is 284 g/mol. The summed E-state index contributed by atoms with van der Waals surface area (Å²) in [6.45, 7) is 21.0. The van der Waals surface area contributed by atoms with Crippen molar-refractivity contribution in [2.75, 3.05) is 39.4 Å². The summed E-state index contributed by atoms with van der Waals surface area (Å²) in [7, 11) is 0. The average molecular weight is 323 g/mol. The summed E-state index contributed by atoms with van der Waals surface area (Å²) < 4.78 is 5.21. The number of rotatable bonds is 0. The molecule has 0 aromatic heterocycles. The highest BCUT2D eigenvalue weighted by atomic mass is 16.5. The molecule has 0 unspecified atom stereocenters. The van der Waals surface area contributed by atoms with Crippen LogP contribution in [0.25, 0.3) is 0 Å². The standard InChI is InChI=1S/C11H21N.C9H17NO/c1-10(2,3)12-8-7-11(9-12)5-4-6-11;1-8(2,3)10-4-9(5-10)6-11-7-9/h4-9H2,1-3H3;4-7H2,1-3H3. The molecule has 0 N–H and O–H groups in total. The first-order valence-electron chi connectivity index (χ1n) is 9.62. The Morgan fingerprint density at radius 3 is 1.48 bits per heavy atom. The van der Waals surface area contributed by atoms with Crippen molar-refractivity contribution in [3.63, 3.8) is 0 Å². The number of hydrogen-bond acceptors (Lipinski definition) is 3. The van der Waals surface area contributed by atoms with Crippen LogP contribution in [0.5, 0.6) is 0 Å². The monoisotopic (exact) mass is 322 g/mol. The fourth-order valence-electron chi connectivity index (χ4n) is 4.40. The van der Waals surface area contributed by atoms with Crippen molar-refractivity contribution in [3.8, 4) is 0 Å². The highest BCUT2D eigenvalue weighted by Gasteiger charge is 2.51. The molecule has 0 amide bonds. The molecule has 0 atom stereocenters. The molecule has 0 bridgehead atoms. The largest absolute Gasteiger partial charge is 0.380 e. The molecule has 3 heteroatoms. The van der Waals surface area contributed by atoms with Gasteiger partial charge in [0.15, 0.2) is 0 Å². The molecule has 0 radical (unpaired) electrons. The maximum Gasteiger partial charge on any atom is 0.0569 e. The molecule has 0 aromatic carbocycles. The fourth-order valence-corrected chi connectivity index (χ4v) is 4.40. The third-order valence-electron chi connectivity index (χ3n) is 6.62. The van der Waals surface area contributed by atoms with Crippen LogP contribution < -0.4 is 0 Å². The minimum atomic E-state index is 0.362. The molecule has 3 heterocycles. The summed E-state index contributed by atoms with van der Waals surface area (Å²) >= 11 is 0. The third-order valence-corrected chi connectivity index (χ3v) is 6.62. The van der Waals surface area contributed by atoms with Crippen molar-refractivity contribution in [2.45, 2.75) is 78.3 Å². The molecule has 4 aliphatic rings. The lowest BCUT2D eigenvalue weighted by Crippen LogP contribution is -2.69. The fraction of sp³-hybridized carbons (Fsp3) is 1.00. The third kappa shape index (κ3) is 3.62. The Balaban J connectivity index is 0.000000136. The SMILES string of the molecule is CC(C)(C)N1CC2(COC2)C1.CC(C)(C)N1CCC2(CCC2)C1. The number of hydrogen-bond donors (Lipinski definition) is 0. The van der Waals surface area contributed by atoms with Crippen LogP contribution in [0, 0.1) is 10.8 Å². The van der Waals surface area contributed by atoms with E-state index in [0.29, 0.717) is 16.5 Å². The maximum absolute atomic E-state index is 5.21. The lowest BCUT2D eigenvalue weighted by molar-refractivity contribution is -0.207. The summed E-state index contributed by atoms with van der Waals surface area (Å²) in [6, 6.07) is 0. The van der Waals surface area contributed by atoms with Gasteiger partial charge in [-0.2, -0.15) is 0 Å². The lowest BCUT2D eigenvalue weighted by atomic mass is 9.68. The lowest BCUT2D eigenvalue weighted by Gasteiger charge is -2.59. The molecule has 3 saturated heterocycles. The zero-order valence-electron chi connectivity index (χ0n) is 16.4. The van der Waals surface area contributed by atoms with Gasteiger partial charge in [-0.25, -0.2) is 0 Å². The zero-order valence-corrected chi connectivity index (χ0v) is 16.4. The van der Waals surface area contributed by atoms with E-state index in [4.69, 9.17) is 4.74 Å². The van der Waals surface area contributed by atoms with Crippen molar-refractivity contribution in [3.05, 3.63) is 0 Å². The van der Waals surface area contributed by atoms with Gasteiger partial charge in [0.1, 0.15) is 0 Å². The van der Waals surface area contributed by atoms with Crippen molar-refractivity contribution in [1.82, 2.24) is 9.80 Å². The minimum Gasteiger partial charge on any atom is -0.380 e. The normalized spacial score (nSPS) is 29.5. The molecule has 1 saturated carbocycles. The van der Waals surface area contributed by atoms with E-state index in [-0.39, 0.29) is 0 Å². The van der Waals surface area contributed by atoms with E-state index in [1.807, 2.05) is 0 Å². The number of ether oxygens (including phenoxy) is 1. The van der Waals surface area contributed by atoms with Gasteiger partial charge in [0, 0.05) is 36.1 Å². The van der Waals surface area contributed by atoms with E-state index in [9.17, 15) is 0 Å². The van der Waals surface area contributed by atoms with Crippen molar-refractivity contribution in [2.24, 2.45) is 10.8 Å². The molecule has 3 nitrogen and oxygen atoms in total. The second-order valence-corrected chi connectivity index (χ2v) is 10.7. The quantitative estimate of drug-likeness (QED) is 0.675. The predicted octanol–water partition coefficient (Wildman–Crippen LogP) is 3.78. The summed E-state index contributed by atoms with van der Waals surface area (Å²) in [4.78, 5) is 5.18. The molecular formula is C20H38N2O. The minimum absolute atomic E-state index is 0.362. The second-order valence-electron chi connectivity index (χ2n) is 10.7. The number of nitrogens with zero attached hydrogens (tertiary/aromatic N) is 2. The highest BCUT2D eigenvalue weighted by molar-refractivity contribution is 5.03. The smallest absolute Gasteiger partial charge is 0.0569 e. The Morgan fingerprint density at radius 2 is 1.22 bits per heavy atom. The van der Waals surface area contributed by atoms with Gasteiger partial charge < -0.3 is 4.74 Å². The van der Waals surface area contributed by atoms with Crippen LogP contribution >= 0.6 is 0 Å². The van der Waals surface area contributed by atoms with E-state index in [1.54, 1.807) is 0 Å². The predicted molar refractivity (Wildman–Crippen MR) is 96.8 cm³/mol. The van der Waals surface area contributed by atoms with Gasteiger partial charge in [0.2, 0.25) is 0 Å². The van der Waals surface area contributed by atoms with Crippen LogP contribution in [0.4, 0.5) is 0 Å². The first-order chi connectivity index (χ1) is 10.5. The van der Waals surface area contributed by atoms with Gasteiger partial charge in [0.05, 0.1) is 13.2 Å². The van der Waals surface area contributed by atoms with Gasteiger partial charge in [-0.15, -0.1) is 0 Å². The highest BCUT2D eigenvalue weighted by Crippen LogP contribution is 2.49. The maximum atomic E-state index is 5.21. The molecule has 23 heavy (non-hydrogen) atoms. The van der Waals surface area contributed by atoms with Crippen molar-refractivity contribution < 1.29 is 4.74 Å². The zero-order chi connectivity index (χ0) is 16.9. The molecule has 2 spiro atoms. The topological polar surface area (TPSA) is 15.7 Å². The van der Waals surface area contributed by atoms with Crippen LogP contribution in [-0.2, 0) is 4.74 Å². The summed E-state index contributed by atoms with van der Waals surface area (Å²) in [5, 5.41) is 0. The van der Waals surface area contributed by atoms with Crippen LogP contribution in [0.2, 0.25) is 0 Å². The van der Waals surface area contributed by atoms with Crippen molar-refractivity contribution in [1.29, 1.82) is 0 Å². The molecule has 1 aliphatic carbocycles. The van der Waals surface area contributed by atoms with Gasteiger partial charge in [-0.1, -0.05) is 6.42 Å². The van der Waals surface area contributed by atoms with E-state index < -0.39 is 0 Å². The van der Waals surface area contributed by atoms with E-state index in [1.165, 1.54) is 51.9 Å². The molecule has 4 rings (SSSR count). The van der Waals surface area contributed by atoms with Gasteiger partial charge in [-0.3, -0.25) is 9.80 Å². The van der Waals surface area contributed by atoms with Crippen molar-refractivity contribution >= 4 is 0 Å². The summed E-state index contributed by atoms with van der Waals surface area (Å²) in [5.41, 5.74) is 2.11. The Hall–Kier alpha value is -0.120. The van der Waals surface area contributed by atoms with Gasteiger partial charge >= 0.3 is 0 Å². The second kappa shape index (κ2) is 5.71. The molecule has 134 valence electrons. The Bertz CT molecular complexity index is 416. The average Bonchev–Trinajstić information content (AvgIpc) is 2.67. The van der Waals surface area contributed by atoms with Crippen LogP contribution in [0.3, 0.4) is 0 Å². The first-order valence-corrected chi connectivity index (χ1v) is 9.62. The summed E-state index contributed by atoms with van der Waals surface area (Å²) in [6.07, 6.45) is 5.95. The molecule has 0 aromatic rings. The summed E-state index contributed by atoms with van der Waals surface area (Å²) in [5.74, 6) is 0. The van der Waals surface area contributed by atoms with E-state index in [0.717, 1.165) is 18.6 Å². The van der Waals surface area contributed by atoms with Crippen LogP contribution in [0.1, 0.15) is 67.2 Å². The van der Waals surface area contributed by atoms with Crippen LogP contribution in [0.15, 0.2) is 0 Å². The van der Waals surface area contributed by atoms with E-state index >= 15 is 0 Å². The van der Waals surface area contributed by atoms with E-state index in [2.05, 4.69) is 51.3 Å². The molecule has 4 fully saturated rings. The Labute approximate surface area is 143 Å². The Kier molecular flexibility index (Phi) is 4.39. The Morgan fingerprint density at radius 1 is 0.696 bits per heavy atom. The van der Waals surface area contributed by atoms with Gasteiger partial charge in [-0.05, 0) is 72.8 Å².